The van der Waals surface area contributed by atoms with Crippen molar-refractivity contribution in [1.29, 1.82) is 5.26 Å². The lowest BCUT2D eigenvalue weighted by atomic mass is 10.1. The van der Waals surface area contributed by atoms with Crippen LogP contribution in [0, 0.1) is 25.2 Å². The molecule has 4 nitrogen and oxygen atoms in total. The number of aryl methyl sites for hydroxylation is 2. The number of nitrogens with zero attached hydrogens (tertiary/aromatic N) is 2. The van der Waals surface area contributed by atoms with E-state index < -0.39 is 0 Å². The molecular weight excluding hydrogens is 426 g/mol. The fraction of sp³-hybridized carbons (Fsp3) is 0.0714. The van der Waals surface area contributed by atoms with Crippen molar-refractivity contribution in [3.63, 3.8) is 0 Å². The normalized spacial score (nSPS) is 10.7. The third kappa shape index (κ3) is 4.17. The Morgan fingerprint density at radius 2 is 1.58 bits per heavy atom. The van der Waals surface area contributed by atoms with Gasteiger partial charge in [0.25, 0.3) is 0 Å². The van der Waals surface area contributed by atoms with Gasteiger partial charge >= 0.3 is 0 Å². The Labute approximate surface area is 196 Å². The van der Waals surface area contributed by atoms with Crippen molar-refractivity contribution in [3.05, 3.63) is 102 Å². The van der Waals surface area contributed by atoms with Crippen LogP contribution < -0.4 is 10.1 Å². The van der Waals surface area contributed by atoms with Crippen LogP contribution in [-0.4, -0.2) is 4.98 Å². The van der Waals surface area contributed by atoms with E-state index in [-0.39, 0.29) is 0 Å². The highest BCUT2D eigenvalue weighted by molar-refractivity contribution is 7.18. The van der Waals surface area contributed by atoms with Crippen LogP contribution in [0.15, 0.2) is 84.9 Å². The van der Waals surface area contributed by atoms with Crippen LogP contribution in [0.5, 0.6) is 10.8 Å². The van der Waals surface area contributed by atoms with Crippen LogP contribution in [0.3, 0.4) is 0 Å². The minimum absolute atomic E-state index is 0.628. The zero-order valence-electron chi connectivity index (χ0n) is 18.3. The van der Waals surface area contributed by atoms with Gasteiger partial charge in [-0.25, -0.2) is 4.98 Å². The van der Waals surface area contributed by atoms with Crippen LogP contribution in [-0.2, 0) is 0 Å². The number of hydrogen-bond donors (Lipinski definition) is 1. The molecule has 5 heteroatoms. The molecule has 1 N–H and O–H groups in total. The molecule has 0 bridgehead atoms. The number of aromatic nitrogens is 1. The van der Waals surface area contributed by atoms with Gasteiger partial charge in [-0.15, -0.1) is 0 Å². The average molecular weight is 448 g/mol. The third-order valence-corrected chi connectivity index (χ3v) is 6.31. The zero-order chi connectivity index (χ0) is 22.8. The van der Waals surface area contributed by atoms with Gasteiger partial charge in [-0.1, -0.05) is 78.1 Å². The summed E-state index contributed by atoms with van der Waals surface area (Å²) in [6.07, 6.45) is 0. The van der Waals surface area contributed by atoms with Crippen molar-refractivity contribution in [1.82, 2.24) is 4.98 Å². The van der Waals surface area contributed by atoms with E-state index in [0.717, 1.165) is 44.3 Å². The standard InChI is InChI=1S/C28H21N3OS/c1-18-15-20(17-29)16-19(2)26(18)32-27-25(22-10-4-3-5-11-22)31-28(33-27)30-24-14-8-12-21-9-6-7-13-23(21)24/h3-16H,1-2H3,(H,30,31). The second kappa shape index (κ2) is 8.78. The van der Waals surface area contributed by atoms with E-state index in [1.165, 1.54) is 16.7 Å². The summed E-state index contributed by atoms with van der Waals surface area (Å²) in [6.45, 7) is 3.92. The molecule has 4 aromatic carbocycles. The molecule has 0 fully saturated rings. The monoisotopic (exact) mass is 447 g/mol. The Morgan fingerprint density at radius 3 is 2.33 bits per heavy atom. The van der Waals surface area contributed by atoms with Crippen LogP contribution in [0.1, 0.15) is 16.7 Å². The summed E-state index contributed by atoms with van der Waals surface area (Å²) >= 11 is 1.47. The maximum Gasteiger partial charge on any atom is 0.210 e. The Kier molecular flexibility index (Phi) is 5.52. The van der Waals surface area contributed by atoms with E-state index in [1.807, 2.05) is 74.5 Å². The molecule has 0 aliphatic carbocycles. The van der Waals surface area contributed by atoms with Crippen LogP contribution >= 0.6 is 11.3 Å². The van der Waals surface area contributed by atoms with E-state index in [0.29, 0.717) is 10.6 Å². The fourth-order valence-electron chi connectivity index (χ4n) is 3.93. The predicted octanol–water partition coefficient (Wildman–Crippen LogP) is 7.99. The predicted molar refractivity (Wildman–Crippen MR) is 135 cm³/mol. The summed E-state index contributed by atoms with van der Waals surface area (Å²) in [5.41, 5.74) is 5.23. The van der Waals surface area contributed by atoms with E-state index in [2.05, 4.69) is 35.7 Å². The molecule has 33 heavy (non-hydrogen) atoms. The first-order chi connectivity index (χ1) is 16.1. The van der Waals surface area contributed by atoms with Gasteiger partial charge in [0.1, 0.15) is 11.4 Å². The molecule has 0 spiro atoms. The Bertz CT molecular complexity index is 1470. The summed E-state index contributed by atoms with van der Waals surface area (Å²) in [5, 5.41) is 16.5. The van der Waals surface area contributed by atoms with E-state index in [1.54, 1.807) is 0 Å². The van der Waals surface area contributed by atoms with Gasteiger partial charge in [0.15, 0.2) is 5.13 Å². The fourth-order valence-corrected chi connectivity index (χ4v) is 4.78. The van der Waals surface area contributed by atoms with Crippen LogP contribution in [0.4, 0.5) is 10.8 Å². The number of benzene rings is 4. The van der Waals surface area contributed by atoms with Gasteiger partial charge < -0.3 is 10.1 Å². The number of nitrogens with one attached hydrogen (secondary N) is 1. The summed E-state index contributed by atoms with van der Waals surface area (Å²) in [5.74, 6) is 0.756. The topological polar surface area (TPSA) is 57.9 Å². The van der Waals surface area contributed by atoms with Gasteiger partial charge in [-0.2, -0.15) is 5.26 Å². The number of nitriles is 1. The van der Waals surface area contributed by atoms with E-state index >= 15 is 0 Å². The lowest BCUT2D eigenvalue weighted by Gasteiger charge is -2.11. The van der Waals surface area contributed by atoms with Crippen molar-refractivity contribution >= 4 is 32.9 Å². The Hall–Kier alpha value is -4.14. The Morgan fingerprint density at radius 1 is 0.879 bits per heavy atom. The van der Waals surface area contributed by atoms with E-state index in [4.69, 9.17) is 9.72 Å². The molecule has 0 aliphatic rings. The molecular formula is C28H21N3OS. The molecule has 0 unspecified atom stereocenters. The Balaban J connectivity index is 1.57. The van der Waals surface area contributed by atoms with Gasteiger partial charge in [-0.05, 0) is 48.6 Å². The second-order valence-corrected chi connectivity index (χ2v) is 8.79. The molecule has 0 saturated carbocycles. The summed E-state index contributed by atoms with van der Waals surface area (Å²) in [6, 6.07) is 30.4. The molecule has 1 aromatic heterocycles. The number of rotatable bonds is 5. The molecule has 0 atom stereocenters. The van der Waals surface area contributed by atoms with Gasteiger partial charge in [0, 0.05) is 16.6 Å². The highest BCUT2D eigenvalue weighted by Gasteiger charge is 2.18. The second-order valence-electron chi connectivity index (χ2n) is 7.83. The smallest absolute Gasteiger partial charge is 0.210 e. The molecule has 0 aliphatic heterocycles. The minimum atomic E-state index is 0.628. The van der Waals surface area contributed by atoms with Gasteiger partial charge in [-0.3, -0.25) is 0 Å². The average Bonchev–Trinajstić information content (AvgIpc) is 3.24. The largest absolute Gasteiger partial charge is 0.444 e. The lowest BCUT2D eigenvalue weighted by molar-refractivity contribution is 0.489. The number of hydrogen-bond acceptors (Lipinski definition) is 5. The van der Waals surface area contributed by atoms with Crippen LogP contribution in [0.2, 0.25) is 0 Å². The maximum atomic E-state index is 9.27. The molecule has 5 aromatic rings. The zero-order valence-corrected chi connectivity index (χ0v) is 19.1. The number of anilines is 2. The van der Waals surface area contributed by atoms with Crippen molar-refractivity contribution in [2.45, 2.75) is 13.8 Å². The summed E-state index contributed by atoms with van der Waals surface area (Å²) < 4.78 is 6.44. The number of thiazole rings is 1. The van der Waals surface area contributed by atoms with Gasteiger partial charge in [0.2, 0.25) is 5.06 Å². The highest BCUT2D eigenvalue weighted by Crippen LogP contribution is 2.43. The first kappa shape index (κ1) is 20.7. The SMILES string of the molecule is Cc1cc(C#N)cc(C)c1Oc1sc(Nc2cccc3ccccc23)nc1-c1ccccc1. The summed E-state index contributed by atoms with van der Waals surface area (Å²) in [7, 11) is 0. The van der Waals surface area contributed by atoms with E-state index in [9.17, 15) is 5.26 Å². The van der Waals surface area contributed by atoms with Gasteiger partial charge in [0.05, 0.1) is 11.6 Å². The molecule has 0 radical (unpaired) electrons. The van der Waals surface area contributed by atoms with Crippen molar-refractivity contribution < 1.29 is 4.74 Å². The van der Waals surface area contributed by atoms with Crippen LogP contribution in [0.25, 0.3) is 22.0 Å². The molecule has 1 heterocycles. The quantitative estimate of drug-likeness (QED) is 0.297. The molecule has 5 rings (SSSR count). The van der Waals surface area contributed by atoms with Crippen molar-refractivity contribution in [3.8, 4) is 28.1 Å². The molecule has 160 valence electrons. The molecule has 0 saturated heterocycles. The maximum absolute atomic E-state index is 9.27. The third-order valence-electron chi connectivity index (χ3n) is 5.46. The highest BCUT2D eigenvalue weighted by atomic mass is 32.1. The number of ether oxygens (including phenoxy) is 1. The first-order valence-corrected chi connectivity index (χ1v) is 11.4. The van der Waals surface area contributed by atoms with Crippen molar-refractivity contribution in [2.24, 2.45) is 0 Å². The molecule has 0 amide bonds. The summed E-state index contributed by atoms with van der Waals surface area (Å²) in [4.78, 5) is 4.90. The number of fused-ring (bicyclic) bond motifs is 1. The van der Waals surface area contributed by atoms with Crippen molar-refractivity contribution in [2.75, 3.05) is 5.32 Å². The minimum Gasteiger partial charge on any atom is -0.444 e. The lowest BCUT2D eigenvalue weighted by Crippen LogP contribution is -1.93. The first-order valence-electron chi connectivity index (χ1n) is 10.6.